The van der Waals surface area contributed by atoms with Crippen LogP contribution in [0.4, 0.5) is 0 Å². The van der Waals surface area contributed by atoms with Crippen molar-refractivity contribution in [2.75, 3.05) is 0 Å². The van der Waals surface area contributed by atoms with E-state index in [2.05, 4.69) is 67.7 Å². The molecule has 1 saturated carbocycles. The molecule has 0 heterocycles. The van der Waals surface area contributed by atoms with Crippen molar-refractivity contribution >= 4 is 22.4 Å². The molecule has 144 valence electrons. The van der Waals surface area contributed by atoms with Crippen LogP contribution in [0.15, 0.2) is 11.6 Å². The van der Waals surface area contributed by atoms with Crippen LogP contribution in [0.25, 0.3) is 0 Å². The molecular weight excluding hydrogens is 344 g/mol. The minimum absolute atomic E-state index is 0.0357. The summed E-state index contributed by atoms with van der Waals surface area (Å²) in [7, 11) is -3.81. The predicted molar refractivity (Wildman–Crippen MR) is 110 cm³/mol. The van der Waals surface area contributed by atoms with Gasteiger partial charge in [-0.15, -0.1) is 0 Å². The number of carbonyl (C=O) groups is 1. The molecule has 3 atom stereocenters. The van der Waals surface area contributed by atoms with Crippen molar-refractivity contribution in [1.29, 1.82) is 0 Å². The summed E-state index contributed by atoms with van der Waals surface area (Å²) in [5.41, 5.74) is 1.21. The Morgan fingerprint density at radius 2 is 1.40 bits per heavy atom. The first-order valence-corrected chi connectivity index (χ1v) is 15.5. The lowest BCUT2D eigenvalue weighted by Crippen LogP contribution is -2.50. The highest BCUT2D eigenvalue weighted by Gasteiger charge is 2.51. The molecule has 5 heteroatoms. The summed E-state index contributed by atoms with van der Waals surface area (Å²) < 4.78 is 13.6. The van der Waals surface area contributed by atoms with Crippen LogP contribution in [-0.4, -0.2) is 34.6 Å². The molecule has 0 aromatic carbocycles. The molecule has 1 fully saturated rings. The minimum Gasteiger partial charge on any atom is -0.411 e. The van der Waals surface area contributed by atoms with Crippen LogP contribution in [0.1, 0.15) is 54.4 Å². The normalized spacial score (nSPS) is 28.3. The van der Waals surface area contributed by atoms with E-state index in [4.69, 9.17) is 8.85 Å². The molecule has 0 unspecified atom stereocenters. The number of ketones is 1. The fraction of sp³-hybridized carbons (Fsp3) is 0.850. The summed E-state index contributed by atoms with van der Waals surface area (Å²) in [4.78, 5) is 12.0. The van der Waals surface area contributed by atoms with Gasteiger partial charge in [0, 0.05) is 6.42 Å². The van der Waals surface area contributed by atoms with Crippen molar-refractivity contribution in [2.45, 2.75) is 103 Å². The summed E-state index contributed by atoms with van der Waals surface area (Å²) in [5.74, 6) is 0.589. The Morgan fingerprint density at radius 3 is 1.88 bits per heavy atom. The second-order valence-corrected chi connectivity index (χ2v) is 20.5. The van der Waals surface area contributed by atoms with Crippen LogP contribution in [-0.2, 0) is 13.6 Å². The maximum Gasteiger partial charge on any atom is 0.193 e. The molecule has 0 amide bonds. The van der Waals surface area contributed by atoms with E-state index in [1.165, 1.54) is 5.57 Å². The Balaban J connectivity index is 2.30. The lowest BCUT2D eigenvalue weighted by Gasteiger charge is -2.43. The molecule has 0 N–H and O–H groups in total. The van der Waals surface area contributed by atoms with Gasteiger partial charge in [-0.05, 0) is 60.3 Å². The van der Waals surface area contributed by atoms with Crippen molar-refractivity contribution in [3.05, 3.63) is 11.6 Å². The van der Waals surface area contributed by atoms with E-state index in [-0.39, 0.29) is 28.1 Å². The van der Waals surface area contributed by atoms with Gasteiger partial charge in [-0.3, -0.25) is 4.79 Å². The standard InChI is InChI=1S/C20H38O3Si2/c1-19(2,3)24(7,8)22-17-12-14-11-15(21)13-16(14)18(17)23-25(9,10)20(4,5)6/h13-14,17-18H,11-12H2,1-10H3/t14-,17+,18+/m1/s1. The number of hydrogen-bond acceptors (Lipinski definition) is 3. The molecule has 2 aliphatic rings. The third kappa shape index (κ3) is 4.20. The lowest BCUT2D eigenvalue weighted by atomic mass is 10.1. The van der Waals surface area contributed by atoms with E-state index in [0.29, 0.717) is 12.3 Å². The smallest absolute Gasteiger partial charge is 0.193 e. The zero-order valence-corrected chi connectivity index (χ0v) is 19.9. The fourth-order valence-electron chi connectivity index (χ4n) is 3.18. The predicted octanol–water partition coefficient (Wildman–Crippen LogP) is 5.69. The van der Waals surface area contributed by atoms with E-state index < -0.39 is 16.6 Å². The molecule has 0 aromatic rings. The van der Waals surface area contributed by atoms with Gasteiger partial charge in [0.15, 0.2) is 22.4 Å². The fourth-order valence-corrected chi connectivity index (χ4v) is 5.79. The van der Waals surface area contributed by atoms with Crippen LogP contribution < -0.4 is 0 Å². The summed E-state index contributed by atoms with van der Waals surface area (Å²) >= 11 is 0. The van der Waals surface area contributed by atoms with Crippen molar-refractivity contribution in [2.24, 2.45) is 5.92 Å². The number of allylic oxidation sites excluding steroid dienone is 1. The third-order valence-electron chi connectivity index (χ3n) is 6.91. The number of hydrogen-bond donors (Lipinski definition) is 0. The van der Waals surface area contributed by atoms with E-state index in [1.807, 2.05) is 6.08 Å². The first-order chi connectivity index (χ1) is 11.1. The van der Waals surface area contributed by atoms with Gasteiger partial charge >= 0.3 is 0 Å². The van der Waals surface area contributed by atoms with Crippen molar-refractivity contribution < 1.29 is 13.6 Å². The highest BCUT2D eigenvalue weighted by atomic mass is 28.4. The molecular formula is C20H38O3Si2. The number of carbonyl (C=O) groups excluding carboxylic acids is 1. The zero-order chi connectivity index (χ0) is 19.4. The Labute approximate surface area is 156 Å². The quantitative estimate of drug-likeness (QED) is 0.586. The molecule has 3 nitrogen and oxygen atoms in total. The van der Waals surface area contributed by atoms with Gasteiger partial charge in [0.05, 0.1) is 12.2 Å². The highest BCUT2D eigenvalue weighted by Crippen LogP contribution is 2.48. The van der Waals surface area contributed by atoms with E-state index in [0.717, 1.165) is 6.42 Å². The molecule has 0 spiro atoms. The van der Waals surface area contributed by atoms with Crippen LogP contribution in [0, 0.1) is 5.92 Å². The Morgan fingerprint density at radius 1 is 0.920 bits per heavy atom. The second kappa shape index (κ2) is 6.43. The monoisotopic (exact) mass is 382 g/mol. The van der Waals surface area contributed by atoms with Gasteiger partial charge < -0.3 is 8.85 Å². The van der Waals surface area contributed by atoms with E-state index in [1.54, 1.807) is 0 Å². The molecule has 2 aliphatic carbocycles. The molecule has 0 aliphatic heterocycles. The maximum atomic E-state index is 12.0. The number of fused-ring (bicyclic) bond motifs is 1. The SMILES string of the molecule is CC(C)(C)[Si](C)(C)O[C@H]1C[C@H]2CC(=O)C=C2[C@@H]1O[Si](C)(C)C(C)(C)C. The Kier molecular flexibility index (Phi) is 5.42. The van der Waals surface area contributed by atoms with Gasteiger partial charge in [-0.2, -0.15) is 0 Å². The van der Waals surface area contributed by atoms with Crippen LogP contribution >= 0.6 is 0 Å². The van der Waals surface area contributed by atoms with Crippen molar-refractivity contribution in [3.8, 4) is 0 Å². The summed E-state index contributed by atoms with van der Waals surface area (Å²) in [6, 6.07) is 0. The first kappa shape index (κ1) is 21.1. The third-order valence-corrected chi connectivity index (χ3v) is 15.9. The van der Waals surface area contributed by atoms with Gasteiger partial charge in [0.1, 0.15) is 0 Å². The largest absolute Gasteiger partial charge is 0.411 e. The average molecular weight is 383 g/mol. The zero-order valence-electron chi connectivity index (χ0n) is 17.9. The van der Waals surface area contributed by atoms with Crippen LogP contribution in [0.5, 0.6) is 0 Å². The summed E-state index contributed by atoms with van der Waals surface area (Å²) in [6.07, 6.45) is 3.50. The molecule has 0 aromatic heterocycles. The average Bonchev–Trinajstić information content (AvgIpc) is 2.84. The van der Waals surface area contributed by atoms with Crippen molar-refractivity contribution in [3.63, 3.8) is 0 Å². The molecule has 0 radical (unpaired) electrons. The minimum atomic E-state index is -1.93. The van der Waals surface area contributed by atoms with Crippen LogP contribution in [0.2, 0.25) is 36.3 Å². The van der Waals surface area contributed by atoms with E-state index >= 15 is 0 Å². The molecule has 2 rings (SSSR count). The van der Waals surface area contributed by atoms with Gasteiger partial charge in [-0.1, -0.05) is 41.5 Å². The first-order valence-electron chi connectivity index (χ1n) is 9.65. The van der Waals surface area contributed by atoms with Gasteiger partial charge in [0.2, 0.25) is 0 Å². The summed E-state index contributed by atoms with van der Waals surface area (Å²) in [6.45, 7) is 22.8. The lowest BCUT2D eigenvalue weighted by molar-refractivity contribution is -0.114. The summed E-state index contributed by atoms with van der Waals surface area (Å²) in [5, 5.41) is 0.326. The highest BCUT2D eigenvalue weighted by molar-refractivity contribution is 6.74. The molecule has 0 bridgehead atoms. The second-order valence-electron chi connectivity index (χ2n) is 11.0. The topological polar surface area (TPSA) is 35.5 Å². The molecule has 25 heavy (non-hydrogen) atoms. The van der Waals surface area contributed by atoms with Gasteiger partial charge in [-0.25, -0.2) is 0 Å². The number of rotatable bonds is 4. The van der Waals surface area contributed by atoms with Gasteiger partial charge in [0.25, 0.3) is 0 Å². The maximum absolute atomic E-state index is 12.0. The Hall–Kier alpha value is -0.236. The van der Waals surface area contributed by atoms with Crippen molar-refractivity contribution in [1.82, 2.24) is 0 Å². The molecule has 0 saturated heterocycles. The van der Waals surface area contributed by atoms with Crippen LogP contribution in [0.3, 0.4) is 0 Å². The van der Waals surface area contributed by atoms with E-state index in [9.17, 15) is 4.79 Å². The Bertz CT molecular complexity index is 564.